The quantitative estimate of drug-likeness (QED) is 0.295. The first-order valence-electron chi connectivity index (χ1n) is 9.01. The highest BCUT2D eigenvalue weighted by Gasteiger charge is 2.14. The number of nitrogens with zero attached hydrogens (tertiary/aromatic N) is 1. The second-order valence-electron chi connectivity index (χ2n) is 5.94. The summed E-state index contributed by atoms with van der Waals surface area (Å²) in [6, 6.07) is 8.52. The monoisotopic (exact) mass is 494 g/mol. The van der Waals surface area contributed by atoms with Crippen LogP contribution < -0.4 is 25.5 Å². The molecule has 0 heterocycles. The molecule has 0 aromatic heterocycles. The molecule has 3 amide bonds. The summed E-state index contributed by atoms with van der Waals surface area (Å²) in [6.07, 6.45) is 1.31. The van der Waals surface area contributed by atoms with Crippen molar-refractivity contribution in [3.63, 3.8) is 0 Å². The third kappa shape index (κ3) is 7.37. The predicted octanol–water partition coefficient (Wildman–Crippen LogP) is 2.20. The minimum atomic E-state index is -0.892. The fraction of sp³-hybridized carbons (Fsp3) is 0.200. The van der Waals surface area contributed by atoms with Crippen LogP contribution in [-0.4, -0.2) is 44.2 Å². The smallest absolute Gasteiger partial charge is 0.329 e. The topological polar surface area (TPSA) is 118 Å². The second kappa shape index (κ2) is 11.6. The highest BCUT2D eigenvalue weighted by Crippen LogP contribution is 2.36. The van der Waals surface area contributed by atoms with Gasteiger partial charge in [0.25, 0.3) is 5.91 Å². The minimum absolute atomic E-state index is 0.278. The molecule has 0 aliphatic carbocycles. The van der Waals surface area contributed by atoms with Gasteiger partial charge in [-0.2, -0.15) is 5.10 Å². The van der Waals surface area contributed by atoms with Crippen LogP contribution in [0.2, 0.25) is 0 Å². The maximum absolute atomic E-state index is 12.9. The van der Waals surface area contributed by atoms with Crippen LogP contribution in [-0.2, 0) is 14.4 Å². The van der Waals surface area contributed by atoms with Crippen molar-refractivity contribution in [2.45, 2.75) is 6.92 Å². The molecule has 2 aromatic carbocycles. The largest absolute Gasteiger partial charge is 0.493 e. The number of carbonyl (C=O) groups excluding carboxylic acids is 3. The number of carbonyl (C=O) groups is 3. The van der Waals surface area contributed by atoms with Crippen LogP contribution in [0, 0.1) is 5.82 Å². The lowest BCUT2D eigenvalue weighted by Gasteiger charge is -2.13. The molecule has 2 aromatic rings. The van der Waals surface area contributed by atoms with E-state index in [1.807, 2.05) is 0 Å². The van der Waals surface area contributed by atoms with Crippen LogP contribution in [0.3, 0.4) is 0 Å². The van der Waals surface area contributed by atoms with Crippen LogP contribution in [0.4, 0.5) is 10.1 Å². The Bertz CT molecular complexity index is 982. The first-order chi connectivity index (χ1) is 14.8. The molecular weight excluding hydrogens is 475 g/mol. The van der Waals surface area contributed by atoms with Gasteiger partial charge < -0.3 is 20.1 Å². The number of halogens is 2. The van der Waals surface area contributed by atoms with E-state index in [4.69, 9.17) is 9.47 Å². The summed E-state index contributed by atoms with van der Waals surface area (Å²) < 4.78 is 24.2. The Morgan fingerprint density at radius 3 is 2.52 bits per heavy atom. The lowest BCUT2D eigenvalue weighted by Crippen LogP contribution is -2.37. The van der Waals surface area contributed by atoms with E-state index in [9.17, 15) is 18.8 Å². The molecular formula is C20H20BrFN4O5. The van der Waals surface area contributed by atoms with E-state index in [2.05, 4.69) is 37.1 Å². The molecule has 0 bridgehead atoms. The number of nitrogens with one attached hydrogen (secondary N) is 3. The van der Waals surface area contributed by atoms with Gasteiger partial charge in [0, 0.05) is 12.2 Å². The van der Waals surface area contributed by atoms with E-state index in [1.165, 1.54) is 37.6 Å². The maximum Gasteiger partial charge on any atom is 0.329 e. The zero-order valence-electron chi connectivity index (χ0n) is 16.7. The van der Waals surface area contributed by atoms with Gasteiger partial charge in [0.15, 0.2) is 18.1 Å². The molecule has 0 atom stereocenters. The van der Waals surface area contributed by atoms with Crippen molar-refractivity contribution in [3.05, 3.63) is 52.3 Å². The molecule has 9 nitrogen and oxygen atoms in total. The number of rotatable bonds is 8. The van der Waals surface area contributed by atoms with Gasteiger partial charge in [0.1, 0.15) is 5.82 Å². The molecule has 0 aliphatic heterocycles. The number of benzene rings is 2. The van der Waals surface area contributed by atoms with Crippen LogP contribution in [0.25, 0.3) is 0 Å². The van der Waals surface area contributed by atoms with Gasteiger partial charge in [-0.05, 0) is 64.8 Å². The van der Waals surface area contributed by atoms with Gasteiger partial charge in [-0.1, -0.05) is 0 Å². The van der Waals surface area contributed by atoms with Gasteiger partial charge in [-0.25, -0.2) is 9.82 Å². The number of hydrogen-bond acceptors (Lipinski definition) is 6. The Morgan fingerprint density at radius 2 is 1.87 bits per heavy atom. The second-order valence-corrected chi connectivity index (χ2v) is 6.79. The Hall–Kier alpha value is -3.47. The molecule has 0 unspecified atom stereocenters. The van der Waals surface area contributed by atoms with Crippen molar-refractivity contribution < 1.29 is 28.2 Å². The number of likely N-dealkylation sites (N-methyl/N-ethyl adjacent to an activating group) is 1. The lowest BCUT2D eigenvalue weighted by atomic mass is 10.2. The molecule has 0 saturated heterocycles. The summed E-state index contributed by atoms with van der Waals surface area (Å²) in [5.41, 5.74) is 3.07. The molecule has 3 N–H and O–H groups in total. The summed E-state index contributed by atoms with van der Waals surface area (Å²) in [6.45, 7) is 1.69. The summed E-state index contributed by atoms with van der Waals surface area (Å²) in [7, 11) is 1.42. The fourth-order valence-electron chi connectivity index (χ4n) is 2.28. The lowest BCUT2D eigenvalue weighted by molar-refractivity contribution is -0.139. The normalized spacial score (nSPS) is 10.5. The van der Waals surface area contributed by atoms with Crippen molar-refractivity contribution in [2.24, 2.45) is 5.10 Å². The first-order valence-corrected chi connectivity index (χ1v) is 9.80. The summed E-state index contributed by atoms with van der Waals surface area (Å²) >= 11 is 3.34. The average molecular weight is 495 g/mol. The van der Waals surface area contributed by atoms with E-state index in [-0.39, 0.29) is 12.4 Å². The summed E-state index contributed by atoms with van der Waals surface area (Å²) in [4.78, 5) is 34.9. The molecule has 0 spiro atoms. The summed E-state index contributed by atoms with van der Waals surface area (Å²) in [5.74, 6) is -1.95. The highest BCUT2D eigenvalue weighted by molar-refractivity contribution is 9.10. The SMILES string of the molecule is CCNC(=O)C(=O)N/N=C\c1cc(Br)c(OCC(=O)Nc2ccc(F)cc2)c(OC)c1. The van der Waals surface area contributed by atoms with Crippen molar-refractivity contribution in [1.82, 2.24) is 10.7 Å². The number of ether oxygens (including phenoxy) is 2. The number of anilines is 1. The minimum Gasteiger partial charge on any atom is -0.493 e. The number of hydrazone groups is 1. The van der Waals surface area contributed by atoms with Crippen molar-refractivity contribution in [1.29, 1.82) is 0 Å². The third-order valence-corrected chi connectivity index (χ3v) is 4.24. The zero-order chi connectivity index (χ0) is 22.8. The van der Waals surface area contributed by atoms with E-state index in [0.717, 1.165) is 0 Å². The Labute approximate surface area is 186 Å². The number of methoxy groups -OCH3 is 1. The highest BCUT2D eigenvalue weighted by atomic mass is 79.9. The molecule has 0 aliphatic rings. The maximum atomic E-state index is 12.9. The summed E-state index contributed by atoms with van der Waals surface area (Å²) in [5, 5.41) is 8.66. The zero-order valence-corrected chi connectivity index (χ0v) is 18.3. The van der Waals surface area contributed by atoms with Gasteiger partial charge in [0.05, 0.1) is 17.8 Å². The first kappa shape index (κ1) is 23.8. The Morgan fingerprint density at radius 1 is 1.16 bits per heavy atom. The standard InChI is InChI=1S/C20H20BrFN4O5/c1-3-23-19(28)20(29)26-24-10-12-8-15(21)18(16(9-12)30-2)31-11-17(27)25-14-6-4-13(22)5-7-14/h4-10H,3,11H2,1-2H3,(H,23,28)(H,25,27)(H,26,29)/b24-10-. The molecule has 11 heteroatoms. The van der Waals surface area contributed by atoms with E-state index < -0.39 is 23.5 Å². The van der Waals surface area contributed by atoms with E-state index in [1.54, 1.807) is 19.1 Å². The molecule has 0 saturated carbocycles. The van der Waals surface area contributed by atoms with Gasteiger partial charge in [-0.15, -0.1) is 0 Å². The van der Waals surface area contributed by atoms with Crippen molar-refractivity contribution in [3.8, 4) is 11.5 Å². The third-order valence-electron chi connectivity index (χ3n) is 3.65. The van der Waals surface area contributed by atoms with Crippen LogP contribution in [0.1, 0.15) is 12.5 Å². The molecule has 0 fully saturated rings. The van der Waals surface area contributed by atoms with Crippen molar-refractivity contribution >= 4 is 45.6 Å². The van der Waals surface area contributed by atoms with Crippen LogP contribution in [0.15, 0.2) is 46.0 Å². The van der Waals surface area contributed by atoms with Gasteiger partial charge >= 0.3 is 11.8 Å². The Kier molecular flexibility index (Phi) is 8.94. The predicted molar refractivity (Wildman–Crippen MR) is 116 cm³/mol. The van der Waals surface area contributed by atoms with Crippen LogP contribution in [0.5, 0.6) is 11.5 Å². The number of hydrogen-bond donors (Lipinski definition) is 3. The van der Waals surface area contributed by atoms with Crippen molar-refractivity contribution in [2.75, 3.05) is 25.6 Å². The molecule has 2 rings (SSSR count). The van der Waals surface area contributed by atoms with Gasteiger partial charge in [-0.3, -0.25) is 14.4 Å². The van der Waals surface area contributed by atoms with Gasteiger partial charge in [0.2, 0.25) is 0 Å². The van der Waals surface area contributed by atoms with E-state index in [0.29, 0.717) is 28.0 Å². The molecule has 31 heavy (non-hydrogen) atoms. The Balaban J connectivity index is 2.00. The van der Waals surface area contributed by atoms with E-state index >= 15 is 0 Å². The molecule has 164 valence electrons. The fourth-order valence-corrected chi connectivity index (χ4v) is 2.85. The average Bonchev–Trinajstić information content (AvgIpc) is 2.74. The van der Waals surface area contributed by atoms with Crippen LogP contribution >= 0.6 is 15.9 Å². The number of amides is 3. The molecule has 0 radical (unpaired) electrons.